The van der Waals surface area contributed by atoms with Gasteiger partial charge in [0.1, 0.15) is 0 Å². The molecule has 0 aromatic heterocycles. The normalized spacial score (nSPS) is 39.8. The van der Waals surface area contributed by atoms with Crippen molar-refractivity contribution in [2.24, 2.45) is 28.4 Å². The van der Waals surface area contributed by atoms with Crippen LogP contribution in [0.5, 0.6) is 0 Å². The van der Waals surface area contributed by atoms with Crippen LogP contribution in [0, 0.1) is 22.7 Å². The van der Waals surface area contributed by atoms with Crippen LogP contribution < -0.4 is 5.73 Å². The average Bonchev–Trinajstić information content (AvgIpc) is 2.89. The molecule has 4 unspecified atom stereocenters. The maximum absolute atomic E-state index is 12.9. The Bertz CT molecular complexity index is 486. The van der Waals surface area contributed by atoms with Crippen molar-refractivity contribution >= 4 is 5.97 Å². The summed E-state index contributed by atoms with van der Waals surface area (Å²) in [5.74, 6) is 0.410. The number of esters is 1. The zero-order chi connectivity index (χ0) is 17.6. The highest BCUT2D eigenvalue weighted by Gasteiger charge is 2.73. The second-order valence-electron chi connectivity index (χ2n) is 9.01. The largest absolute Gasteiger partial charge is 0.466 e. The molecule has 2 saturated carbocycles. The van der Waals surface area contributed by atoms with Gasteiger partial charge in [0.05, 0.1) is 12.5 Å². The number of carbonyl (C=O) groups is 1. The minimum absolute atomic E-state index is 0.0739. The maximum Gasteiger partial charge on any atom is 0.312 e. The molecule has 1 heterocycles. The van der Waals surface area contributed by atoms with Crippen molar-refractivity contribution in [2.45, 2.75) is 71.8 Å². The summed E-state index contributed by atoms with van der Waals surface area (Å²) in [6.07, 6.45) is 7.39. The first-order chi connectivity index (χ1) is 11.3. The smallest absolute Gasteiger partial charge is 0.312 e. The molecule has 0 aromatic carbocycles. The number of nitrogens with zero attached hydrogens (tertiary/aromatic N) is 1. The van der Waals surface area contributed by atoms with Crippen LogP contribution >= 0.6 is 0 Å². The first-order valence-electron chi connectivity index (χ1n) is 9.97. The highest BCUT2D eigenvalue weighted by molar-refractivity contribution is 5.75. The van der Waals surface area contributed by atoms with E-state index in [4.69, 9.17) is 10.5 Å². The molecule has 3 aliphatic rings. The second-order valence-corrected chi connectivity index (χ2v) is 9.01. The topological polar surface area (TPSA) is 55.6 Å². The molecule has 2 N–H and O–H groups in total. The number of rotatable bonds is 5. The highest BCUT2D eigenvalue weighted by atomic mass is 16.5. The summed E-state index contributed by atoms with van der Waals surface area (Å²) in [5, 5.41) is 0. The lowest BCUT2D eigenvalue weighted by atomic mass is 9.57. The third-order valence-electron chi connectivity index (χ3n) is 8.25. The van der Waals surface area contributed by atoms with E-state index in [-0.39, 0.29) is 28.3 Å². The molecular weight excluding hydrogens is 300 g/mol. The number of piperidine rings is 1. The standard InChI is InChI=1S/C20H36N2O2/c1-5-24-17(23)16(14-21)20(22-11-7-6-8-12-22)13-15-9-10-19(20,4)18(15,2)3/h15-16H,5-14,21H2,1-4H3. The summed E-state index contributed by atoms with van der Waals surface area (Å²) in [7, 11) is 0. The molecular formula is C20H36N2O2. The molecule has 138 valence electrons. The average molecular weight is 337 g/mol. The predicted molar refractivity (Wildman–Crippen MR) is 96.6 cm³/mol. The van der Waals surface area contributed by atoms with Gasteiger partial charge in [-0.15, -0.1) is 0 Å². The van der Waals surface area contributed by atoms with Crippen molar-refractivity contribution in [3.63, 3.8) is 0 Å². The number of fused-ring (bicyclic) bond motifs is 2. The first-order valence-corrected chi connectivity index (χ1v) is 9.97. The predicted octanol–water partition coefficient (Wildman–Crippen LogP) is 3.20. The molecule has 4 heteroatoms. The molecule has 1 saturated heterocycles. The van der Waals surface area contributed by atoms with Gasteiger partial charge in [0.25, 0.3) is 0 Å². The number of hydrogen-bond donors (Lipinski definition) is 1. The van der Waals surface area contributed by atoms with Crippen LogP contribution in [0.1, 0.15) is 66.2 Å². The maximum atomic E-state index is 12.9. The van der Waals surface area contributed by atoms with E-state index in [1.807, 2.05) is 6.92 Å². The Labute approximate surface area is 147 Å². The molecule has 3 rings (SSSR count). The number of hydrogen-bond acceptors (Lipinski definition) is 4. The lowest BCUT2D eigenvalue weighted by Gasteiger charge is -2.58. The van der Waals surface area contributed by atoms with Crippen molar-refractivity contribution in [2.75, 3.05) is 26.2 Å². The highest BCUT2D eigenvalue weighted by Crippen LogP contribution is 2.73. The quantitative estimate of drug-likeness (QED) is 0.783. The Hall–Kier alpha value is -0.610. The Balaban J connectivity index is 2.07. The third-order valence-corrected chi connectivity index (χ3v) is 8.25. The molecule has 3 fully saturated rings. The Morgan fingerprint density at radius 2 is 1.92 bits per heavy atom. The van der Waals surface area contributed by atoms with Crippen LogP contribution in [0.15, 0.2) is 0 Å². The van der Waals surface area contributed by atoms with Crippen LogP contribution in [0.25, 0.3) is 0 Å². The molecule has 0 radical (unpaired) electrons. The van der Waals surface area contributed by atoms with E-state index in [0.717, 1.165) is 19.5 Å². The van der Waals surface area contributed by atoms with Crippen molar-refractivity contribution in [3.8, 4) is 0 Å². The minimum Gasteiger partial charge on any atom is -0.466 e. The summed E-state index contributed by atoms with van der Waals surface area (Å²) in [6.45, 7) is 12.2. The zero-order valence-corrected chi connectivity index (χ0v) is 16.1. The summed E-state index contributed by atoms with van der Waals surface area (Å²) < 4.78 is 5.50. The van der Waals surface area contributed by atoms with E-state index in [0.29, 0.717) is 19.1 Å². The van der Waals surface area contributed by atoms with E-state index >= 15 is 0 Å². The van der Waals surface area contributed by atoms with Gasteiger partial charge in [-0.25, -0.2) is 0 Å². The molecule has 0 spiro atoms. The van der Waals surface area contributed by atoms with Gasteiger partial charge in [-0.3, -0.25) is 9.69 Å². The molecule has 4 nitrogen and oxygen atoms in total. The van der Waals surface area contributed by atoms with Crippen molar-refractivity contribution in [1.82, 2.24) is 4.90 Å². The molecule has 1 aliphatic heterocycles. The fourth-order valence-electron chi connectivity index (χ4n) is 6.58. The van der Waals surface area contributed by atoms with Crippen LogP contribution in [0.3, 0.4) is 0 Å². The number of carbonyl (C=O) groups excluding carboxylic acids is 1. The van der Waals surface area contributed by atoms with Crippen molar-refractivity contribution < 1.29 is 9.53 Å². The van der Waals surface area contributed by atoms with Gasteiger partial charge in [-0.2, -0.15) is 0 Å². The molecule has 2 aliphatic carbocycles. The summed E-state index contributed by atoms with van der Waals surface area (Å²) >= 11 is 0. The lowest BCUT2D eigenvalue weighted by molar-refractivity contribution is -0.164. The van der Waals surface area contributed by atoms with Gasteiger partial charge in [0.2, 0.25) is 0 Å². The van der Waals surface area contributed by atoms with Crippen molar-refractivity contribution in [1.29, 1.82) is 0 Å². The van der Waals surface area contributed by atoms with Crippen LogP contribution in [-0.4, -0.2) is 42.6 Å². The van der Waals surface area contributed by atoms with Gasteiger partial charge >= 0.3 is 5.97 Å². The van der Waals surface area contributed by atoms with Crippen LogP contribution in [0.2, 0.25) is 0 Å². The number of nitrogens with two attached hydrogens (primary N) is 1. The van der Waals surface area contributed by atoms with Gasteiger partial charge in [-0.1, -0.05) is 27.2 Å². The summed E-state index contributed by atoms with van der Waals surface area (Å²) in [6, 6.07) is 0. The molecule has 0 amide bonds. The SMILES string of the molecule is CCOC(=O)C(CN)C1(N2CCCCC2)CC2CCC1(C)C2(C)C. The van der Waals surface area contributed by atoms with Gasteiger partial charge < -0.3 is 10.5 Å². The third kappa shape index (κ3) is 2.21. The summed E-state index contributed by atoms with van der Waals surface area (Å²) in [4.78, 5) is 15.6. The van der Waals surface area contributed by atoms with Gasteiger partial charge in [0.15, 0.2) is 0 Å². The monoisotopic (exact) mass is 336 g/mol. The fourth-order valence-corrected chi connectivity index (χ4v) is 6.58. The van der Waals surface area contributed by atoms with E-state index in [2.05, 4.69) is 25.7 Å². The Morgan fingerprint density at radius 1 is 1.25 bits per heavy atom. The molecule has 24 heavy (non-hydrogen) atoms. The number of likely N-dealkylation sites (tertiary alicyclic amines) is 1. The fraction of sp³-hybridized carbons (Fsp3) is 0.950. The first kappa shape index (κ1) is 18.2. The molecule has 4 atom stereocenters. The van der Waals surface area contributed by atoms with E-state index in [1.54, 1.807) is 0 Å². The van der Waals surface area contributed by atoms with Crippen LogP contribution in [-0.2, 0) is 9.53 Å². The Morgan fingerprint density at radius 3 is 2.38 bits per heavy atom. The van der Waals surface area contributed by atoms with E-state index in [9.17, 15) is 4.79 Å². The zero-order valence-electron chi connectivity index (χ0n) is 16.1. The number of ether oxygens (including phenoxy) is 1. The Kier molecular flexibility index (Phi) is 4.76. The second kappa shape index (κ2) is 6.28. The minimum atomic E-state index is -0.204. The van der Waals surface area contributed by atoms with Crippen LogP contribution in [0.4, 0.5) is 0 Å². The van der Waals surface area contributed by atoms with Crippen molar-refractivity contribution in [3.05, 3.63) is 0 Å². The summed E-state index contributed by atoms with van der Waals surface area (Å²) in [5.41, 5.74) is 6.48. The molecule has 2 bridgehead atoms. The molecule has 0 aromatic rings. The van der Waals surface area contributed by atoms with E-state index in [1.165, 1.54) is 32.1 Å². The van der Waals surface area contributed by atoms with Gasteiger partial charge in [0, 0.05) is 12.1 Å². The van der Waals surface area contributed by atoms with Gasteiger partial charge in [-0.05, 0) is 68.9 Å². The lowest BCUT2D eigenvalue weighted by Crippen LogP contribution is -2.67. The van der Waals surface area contributed by atoms with E-state index < -0.39 is 0 Å².